The topological polar surface area (TPSA) is 241 Å². The molecular formula is C27H26ClF9N8O8S. The van der Waals surface area contributed by atoms with Crippen molar-refractivity contribution in [2.24, 2.45) is 0 Å². The Morgan fingerprint density at radius 3 is 1.98 bits per heavy atom. The molecule has 0 bridgehead atoms. The van der Waals surface area contributed by atoms with Crippen molar-refractivity contribution in [2.45, 2.75) is 44.0 Å². The average Bonchev–Trinajstić information content (AvgIpc) is 3.70. The minimum absolute atomic E-state index is 0.169. The van der Waals surface area contributed by atoms with Gasteiger partial charge in [0.05, 0.1) is 34.9 Å². The summed E-state index contributed by atoms with van der Waals surface area (Å²) in [5, 5.41) is 26.3. The van der Waals surface area contributed by atoms with Gasteiger partial charge in [-0.15, -0.1) is 0 Å². The predicted octanol–water partition coefficient (Wildman–Crippen LogP) is 4.76. The summed E-state index contributed by atoms with van der Waals surface area (Å²) in [6, 6.07) is 5.38. The molecule has 27 heteroatoms. The van der Waals surface area contributed by atoms with Crippen molar-refractivity contribution in [1.82, 2.24) is 29.6 Å². The van der Waals surface area contributed by atoms with Crippen LogP contribution in [0, 0.1) is 0 Å². The third-order valence-electron chi connectivity index (χ3n) is 6.50. The van der Waals surface area contributed by atoms with Crippen LogP contribution in [0.2, 0.25) is 5.02 Å². The van der Waals surface area contributed by atoms with Gasteiger partial charge >= 0.3 is 36.4 Å². The van der Waals surface area contributed by atoms with E-state index in [9.17, 15) is 47.9 Å². The zero-order chi connectivity index (χ0) is 41.4. The Morgan fingerprint density at radius 1 is 0.944 bits per heavy atom. The van der Waals surface area contributed by atoms with E-state index in [0.29, 0.717) is 36.0 Å². The SMILES string of the molecule is CC(Nc1ncnc2nc[nH]c12)c1cc(Cl)c2cccnc2c1N1CC[C@H](NS(C)(=O)=O)C1.O=C(O)C(F)(F)F.O=C(O)C(F)(F)F.O=C(O)C(F)(F)F. The quantitative estimate of drug-likeness (QED) is 0.144. The Labute approximate surface area is 301 Å². The number of halogens is 10. The van der Waals surface area contributed by atoms with Crippen molar-refractivity contribution < 1.29 is 77.6 Å². The number of anilines is 2. The molecule has 1 fully saturated rings. The number of aromatic amines is 1. The van der Waals surface area contributed by atoms with Crippen LogP contribution in [0.3, 0.4) is 0 Å². The molecule has 5 rings (SSSR count). The maximum atomic E-state index is 11.8. The van der Waals surface area contributed by atoms with Crippen LogP contribution in [0.4, 0.5) is 51.0 Å². The largest absolute Gasteiger partial charge is 0.490 e. The molecular weight excluding hydrogens is 803 g/mol. The van der Waals surface area contributed by atoms with Crippen LogP contribution in [0.1, 0.15) is 24.9 Å². The summed E-state index contributed by atoms with van der Waals surface area (Å²) in [5.41, 5.74) is 3.95. The van der Waals surface area contributed by atoms with Gasteiger partial charge in [0.1, 0.15) is 11.8 Å². The number of aliphatic carboxylic acids is 3. The van der Waals surface area contributed by atoms with E-state index < -0.39 is 46.5 Å². The lowest BCUT2D eigenvalue weighted by atomic mass is 10.0. The Balaban J connectivity index is 0.000000393. The lowest BCUT2D eigenvalue weighted by molar-refractivity contribution is -0.193. The second kappa shape index (κ2) is 17.7. The van der Waals surface area contributed by atoms with E-state index >= 15 is 0 Å². The first-order chi connectivity index (χ1) is 24.6. The lowest BCUT2D eigenvalue weighted by Gasteiger charge is -2.27. The molecule has 1 aliphatic rings. The maximum absolute atomic E-state index is 11.8. The van der Waals surface area contributed by atoms with Gasteiger partial charge in [-0.25, -0.2) is 42.5 Å². The van der Waals surface area contributed by atoms with E-state index in [4.69, 9.17) is 41.3 Å². The molecule has 1 unspecified atom stereocenters. The molecule has 0 radical (unpaired) electrons. The summed E-state index contributed by atoms with van der Waals surface area (Å²) in [6.45, 7) is 3.26. The summed E-state index contributed by atoms with van der Waals surface area (Å²) in [6.07, 6.45) is -8.58. The van der Waals surface area contributed by atoms with Crippen LogP contribution in [0.15, 0.2) is 37.1 Å². The molecule has 0 amide bonds. The van der Waals surface area contributed by atoms with E-state index in [-0.39, 0.29) is 12.1 Å². The molecule has 298 valence electrons. The maximum Gasteiger partial charge on any atom is 0.490 e. The van der Waals surface area contributed by atoms with Crippen molar-refractivity contribution >= 4 is 73.1 Å². The number of nitrogens with zero attached hydrogens (tertiary/aromatic N) is 5. The van der Waals surface area contributed by atoms with Gasteiger partial charge in [0.2, 0.25) is 10.0 Å². The van der Waals surface area contributed by atoms with Crippen molar-refractivity contribution in [2.75, 3.05) is 29.6 Å². The molecule has 0 spiro atoms. The number of hydrogen-bond donors (Lipinski definition) is 6. The molecule has 3 aromatic heterocycles. The van der Waals surface area contributed by atoms with Gasteiger partial charge in [-0.05, 0) is 31.5 Å². The van der Waals surface area contributed by atoms with Crippen LogP contribution >= 0.6 is 11.6 Å². The number of alkyl halides is 9. The van der Waals surface area contributed by atoms with E-state index in [2.05, 4.69) is 39.9 Å². The van der Waals surface area contributed by atoms with Gasteiger partial charge in [-0.1, -0.05) is 11.6 Å². The average molecular weight is 829 g/mol. The summed E-state index contributed by atoms with van der Waals surface area (Å²) in [4.78, 5) is 49.3. The van der Waals surface area contributed by atoms with E-state index in [1.807, 2.05) is 25.1 Å². The Bertz CT molecular complexity index is 2010. The molecule has 1 saturated heterocycles. The third-order valence-corrected chi connectivity index (χ3v) is 7.57. The summed E-state index contributed by atoms with van der Waals surface area (Å²) >= 11 is 6.66. The Morgan fingerprint density at radius 2 is 1.48 bits per heavy atom. The first kappa shape index (κ1) is 44.9. The summed E-state index contributed by atoms with van der Waals surface area (Å²) < 4.78 is 121. The lowest BCUT2D eigenvalue weighted by Crippen LogP contribution is -2.36. The highest BCUT2D eigenvalue weighted by Crippen LogP contribution is 2.40. The van der Waals surface area contributed by atoms with Crippen LogP contribution < -0.4 is 14.9 Å². The summed E-state index contributed by atoms with van der Waals surface area (Å²) in [7, 11) is -3.29. The molecule has 0 saturated carbocycles. The van der Waals surface area contributed by atoms with Crippen molar-refractivity contribution in [3.05, 3.63) is 47.6 Å². The predicted molar refractivity (Wildman–Crippen MR) is 170 cm³/mol. The molecule has 16 nitrogen and oxygen atoms in total. The molecule has 0 aliphatic carbocycles. The number of rotatable bonds is 6. The number of benzene rings is 1. The summed E-state index contributed by atoms with van der Waals surface area (Å²) in [5.74, 6) is -7.64. The van der Waals surface area contributed by atoms with Gasteiger partial charge in [-0.2, -0.15) is 39.5 Å². The van der Waals surface area contributed by atoms with Crippen molar-refractivity contribution in [3.63, 3.8) is 0 Å². The van der Waals surface area contributed by atoms with Crippen LogP contribution in [0.5, 0.6) is 0 Å². The van der Waals surface area contributed by atoms with Gasteiger partial charge in [0.25, 0.3) is 0 Å². The van der Waals surface area contributed by atoms with Crippen LogP contribution in [0.25, 0.3) is 22.1 Å². The minimum Gasteiger partial charge on any atom is -0.475 e. The minimum atomic E-state index is -5.08. The fourth-order valence-corrected chi connectivity index (χ4v) is 5.46. The first-order valence-corrected chi connectivity index (χ1v) is 16.5. The number of sulfonamides is 1. The number of hydrogen-bond acceptors (Lipinski definition) is 11. The highest BCUT2D eigenvalue weighted by Gasteiger charge is 2.39. The molecule has 4 heterocycles. The zero-order valence-corrected chi connectivity index (χ0v) is 28.6. The number of aromatic nitrogens is 5. The zero-order valence-electron chi connectivity index (χ0n) is 27.0. The van der Waals surface area contributed by atoms with Crippen molar-refractivity contribution in [3.8, 4) is 0 Å². The highest BCUT2D eigenvalue weighted by molar-refractivity contribution is 7.88. The normalized spacial score (nSPS) is 15.2. The molecule has 2 atom stereocenters. The number of pyridine rings is 1. The second-order valence-corrected chi connectivity index (χ2v) is 12.8. The second-order valence-electron chi connectivity index (χ2n) is 10.6. The molecule has 54 heavy (non-hydrogen) atoms. The number of fused-ring (bicyclic) bond motifs is 2. The molecule has 4 aromatic rings. The van der Waals surface area contributed by atoms with Gasteiger partial charge < -0.3 is 30.5 Å². The van der Waals surface area contributed by atoms with Crippen molar-refractivity contribution in [1.29, 1.82) is 0 Å². The van der Waals surface area contributed by atoms with Gasteiger partial charge in [0.15, 0.2) is 11.5 Å². The monoisotopic (exact) mass is 828 g/mol. The Kier molecular flexibility index (Phi) is 14.7. The highest BCUT2D eigenvalue weighted by atomic mass is 35.5. The van der Waals surface area contributed by atoms with Crippen LogP contribution in [-0.4, -0.2) is 110 Å². The number of carbonyl (C=O) groups is 3. The van der Waals surface area contributed by atoms with Gasteiger partial charge in [0, 0.05) is 36.3 Å². The van der Waals surface area contributed by atoms with Crippen LogP contribution in [-0.2, 0) is 24.4 Å². The number of imidazole rings is 1. The standard InChI is InChI=1S/C21H23ClN8O2S.3C2HF3O2/c1-12(28-21-18-20(25-10-24-18)26-11-27-21)15-8-16(22)14-4-3-6-23-17(14)19(15)30-7-5-13(9-30)29-33(2,31)32;3*3-2(4,5)1(6)7/h3-4,6,8,10-13,29H,5,7,9H2,1-2H3,(H2,24,25,26,27,28);3*(H,6,7)/t12?,13-;;;/m0.../s1. The molecule has 6 N–H and O–H groups in total. The first-order valence-electron chi connectivity index (χ1n) is 14.2. The Hall–Kier alpha value is -5.24. The smallest absolute Gasteiger partial charge is 0.475 e. The van der Waals surface area contributed by atoms with E-state index in [0.717, 1.165) is 27.7 Å². The molecule has 1 aliphatic heterocycles. The fourth-order valence-electron chi connectivity index (χ4n) is 4.39. The van der Waals surface area contributed by atoms with E-state index in [1.165, 1.54) is 12.6 Å². The number of carboxylic acid groups (broad SMARTS) is 3. The number of carboxylic acids is 3. The van der Waals surface area contributed by atoms with E-state index in [1.54, 1.807) is 12.5 Å². The van der Waals surface area contributed by atoms with Gasteiger partial charge in [-0.3, -0.25) is 4.98 Å². The molecule has 1 aromatic carbocycles. The number of H-pyrrole nitrogens is 1. The third kappa shape index (κ3) is 13.3. The fraction of sp³-hybridized carbons (Fsp3) is 0.370. The number of nitrogens with one attached hydrogen (secondary N) is 3.